The van der Waals surface area contributed by atoms with E-state index in [9.17, 15) is 4.79 Å². The maximum atomic E-state index is 11.9. The van der Waals surface area contributed by atoms with Gasteiger partial charge in [-0.2, -0.15) is 5.10 Å². The Hall–Kier alpha value is -0.880. The van der Waals surface area contributed by atoms with Crippen LogP contribution in [-0.4, -0.2) is 40.8 Å². The summed E-state index contributed by atoms with van der Waals surface area (Å²) in [5.41, 5.74) is 1.45. The molecule has 16 heavy (non-hydrogen) atoms. The van der Waals surface area contributed by atoms with Crippen molar-refractivity contribution < 1.29 is 9.53 Å². The summed E-state index contributed by atoms with van der Waals surface area (Å²) in [6, 6.07) is -0.0305. The molecule has 1 unspecified atom stereocenters. The molecule has 1 rings (SSSR count). The Morgan fingerprint density at radius 3 is 2.88 bits per heavy atom. The lowest BCUT2D eigenvalue weighted by Crippen LogP contribution is -2.39. The molecule has 0 aliphatic carbocycles. The van der Waals surface area contributed by atoms with Crippen LogP contribution in [0.25, 0.3) is 0 Å². The average Bonchev–Trinajstić information content (AvgIpc) is 2.59. The van der Waals surface area contributed by atoms with E-state index < -0.39 is 0 Å². The van der Waals surface area contributed by atoms with Gasteiger partial charge in [0.1, 0.15) is 0 Å². The second kappa shape index (κ2) is 6.00. The second-order valence-corrected chi connectivity index (χ2v) is 4.19. The molecule has 1 heterocycles. The van der Waals surface area contributed by atoms with Crippen molar-refractivity contribution in [1.29, 1.82) is 0 Å². The fraction of sp³-hybridized carbons (Fsp3) is 0.600. The number of ether oxygens (including phenoxy) is 1. The van der Waals surface area contributed by atoms with Gasteiger partial charge in [0.05, 0.1) is 24.4 Å². The van der Waals surface area contributed by atoms with Gasteiger partial charge in [-0.3, -0.25) is 9.48 Å². The van der Waals surface area contributed by atoms with Crippen LogP contribution in [0.1, 0.15) is 16.1 Å². The largest absolute Gasteiger partial charge is 0.383 e. The molecule has 1 N–H and O–H groups in total. The number of aromatic nitrogens is 2. The number of nitrogens with zero attached hydrogens (tertiary/aromatic N) is 2. The van der Waals surface area contributed by atoms with Crippen LogP contribution in [-0.2, 0) is 11.8 Å². The zero-order chi connectivity index (χ0) is 12.1. The number of hydrogen-bond acceptors (Lipinski definition) is 3. The molecule has 0 bridgehead atoms. The van der Waals surface area contributed by atoms with Gasteiger partial charge < -0.3 is 10.1 Å². The first-order chi connectivity index (χ1) is 7.60. The molecule has 0 aliphatic heterocycles. The van der Waals surface area contributed by atoms with Crippen LogP contribution in [0.3, 0.4) is 0 Å². The predicted molar refractivity (Wildman–Crippen MR) is 64.9 cm³/mol. The molecule has 0 aromatic carbocycles. The van der Waals surface area contributed by atoms with Crippen molar-refractivity contribution in [3.05, 3.63) is 17.5 Å². The number of carbonyl (C=O) groups is 1. The number of alkyl halides is 1. The third-order valence-corrected chi connectivity index (χ3v) is 3.15. The molecule has 5 nitrogen and oxygen atoms in total. The minimum Gasteiger partial charge on any atom is -0.383 e. The standard InChI is InChI=1S/C10H16BrN3O2/c1-7-9(5-12-14(7)2)10(15)13-8(4-11)6-16-3/h5,8H,4,6H2,1-3H3,(H,13,15). The maximum absolute atomic E-state index is 11.9. The summed E-state index contributed by atoms with van der Waals surface area (Å²) in [6.07, 6.45) is 1.57. The Morgan fingerprint density at radius 1 is 1.75 bits per heavy atom. The molecule has 1 atom stereocenters. The summed E-state index contributed by atoms with van der Waals surface area (Å²) in [5.74, 6) is -0.118. The smallest absolute Gasteiger partial charge is 0.255 e. The van der Waals surface area contributed by atoms with E-state index in [1.54, 1.807) is 18.0 Å². The van der Waals surface area contributed by atoms with Crippen LogP contribution in [0.15, 0.2) is 6.20 Å². The quantitative estimate of drug-likeness (QED) is 0.819. The van der Waals surface area contributed by atoms with Gasteiger partial charge in [0, 0.05) is 25.2 Å². The number of amides is 1. The maximum Gasteiger partial charge on any atom is 0.255 e. The normalized spacial score (nSPS) is 12.5. The summed E-state index contributed by atoms with van der Waals surface area (Å²) in [5, 5.41) is 7.56. The van der Waals surface area contributed by atoms with Crippen molar-refractivity contribution in [3.63, 3.8) is 0 Å². The number of aryl methyl sites for hydroxylation is 1. The third kappa shape index (κ3) is 3.05. The third-order valence-electron chi connectivity index (χ3n) is 2.37. The summed E-state index contributed by atoms with van der Waals surface area (Å²) >= 11 is 3.33. The van der Waals surface area contributed by atoms with E-state index in [-0.39, 0.29) is 11.9 Å². The Balaban J connectivity index is 2.68. The van der Waals surface area contributed by atoms with E-state index in [1.165, 1.54) is 0 Å². The highest BCUT2D eigenvalue weighted by atomic mass is 79.9. The van der Waals surface area contributed by atoms with Crippen molar-refractivity contribution in [1.82, 2.24) is 15.1 Å². The lowest BCUT2D eigenvalue weighted by molar-refractivity contribution is 0.0907. The molecule has 90 valence electrons. The molecule has 0 saturated heterocycles. The Labute approximate surface area is 103 Å². The minimum absolute atomic E-state index is 0.0305. The van der Waals surface area contributed by atoms with Crippen LogP contribution in [0.4, 0.5) is 0 Å². The topological polar surface area (TPSA) is 56.1 Å². The predicted octanol–water partition coefficient (Wildman–Crippen LogP) is 0.868. The lowest BCUT2D eigenvalue weighted by atomic mass is 10.2. The van der Waals surface area contributed by atoms with Crippen LogP contribution in [0.2, 0.25) is 0 Å². The molecule has 0 aliphatic rings. The number of methoxy groups -OCH3 is 1. The highest BCUT2D eigenvalue weighted by Gasteiger charge is 2.16. The molecule has 6 heteroatoms. The molecular formula is C10H16BrN3O2. The molecule has 1 aromatic rings. The van der Waals surface area contributed by atoms with Crippen LogP contribution >= 0.6 is 15.9 Å². The molecular weight excluding hydrogens is 274 g/mol. The zero-order valence-corrected chi connectivity index (χ0v) is 11.2. The fourth-order valence-electron chi connectivity index (χ4n) is 1.31. The Bertz CT molecular complexity index is 365. The van der Waals surface area contributed by atoms with Crippen LogP contribution < -0.4 is 5.32 Å². The first-order valence-corrected chi connectivity index (χ1v) is 6.06. The lowest BCUT2D eigenvalue weighted by Gasteiger charge is -2.14. The summed E-state index contributed by atoms with van der Waals surface area (Å²) in [7, 11) is 3.42. The van der Waals surface area contributed by atoms with Crippen LogP contribution in [0.5, 0.6) is 0 Å². The Morgan fingerprint density at radius 2 is 2.44 bits per heavy atom. The highest BCUT2D eigenvalue weighted by Crippen LogP contribution is 2.06. The molecule has 0 spiro atoms. The number of hydrogen-bond donors (Lipinski definition) is 1. The van der Waals surface area contributed by atoms with Gasteiger partial charge in [-0.15, -0.1) is 0 Å². The summed E-state index contributed by atoms with van der Waals surface area (Å²) in [4.78, 5) is 11.9. The van der Waals surface area contributed by atoms with Crippen molar-refractivity contribution in [2.45, 2.75) is 13.0 Å². The van der Waals surface area contributed by atoms with E-state index in [0.29, 0.717) is 17.5 Å². The van der Waals surface area contributed by atoms with E-state index >= 15 is 0 Å². The van der Waals surface area contributed by atoms with Gasteiger partial charge >= 0.3 is 0 Å². The van der Waals surface area contributed by atoms with Crippen molar-refractivity contribution in [3.8, 4) is 0 Å². The van der Waals surface area contributed by atoms with Gasteiger partial charge in [0.2, 0.25) is 0 Å². The summed E-state index contributed by atoms with van der Waals surface area (Å²) < 4.78 is 6.68. The second-order valence-electron chi connectivity index (χ2n) is 3.55. The first kappa shape index (κ1) is 13.2. The first-order valence-electron chi connectivity index (χ1n) is 4.94. The van der Waals surface area contributed by atoms with Crippen molar-refractivity contribution in [2.24, 2.45) is 7.05 Å². The fourth-order valence-corrected chi connectivity index (χ4v) is 1.66. The number of nitrogens with one attached hydrogen (secondary N) is 1. The monoisotopic (exact) mass is 289 g/mol. The average molecular weight is 290 g/mol. The zero-order valence-electron chi connectivity index (χ0n) is 9.66. The van der Waals surface area contributed by atoms with Gasteiger partial charge in [-0.05, 0) is 6.92 Å². The minimum atomic E-state index is -0.118. The molecule has 1 amide bonds. The number of carbonyl (C=O) groups excluding carboxylic acids is 1. The van der Waals surface area contributed by atoms with Gasteiger partial charge in [-0.1, -0.05) is 15.9 Å². The molecule has 0 fully saturated rings. The van der Waals surface area contributed by atoms with Crippen LogP contribution in [0, 0.1) is 6.92 Å². The van der Waals surface area contributed by atoms with Gasteiger partial charge in [-0.25, -0.2) is 0 Å². The molecule has 0 saturated carbocycles. The molecule has 0 radical (unpaired) electrons. The molecule has 1 aromatic heterocycles. The van der Waals surface area contributed by atoms with Crippen molar-refractivity contribution >= 4 is 21.8 Å². The van der Waals surface area contributed by atoms with Gasteiger partial charge in [0.25, 0.3) is 5.91 Å². The summed E-state index contributed by atoms with van der Waals surface area (Å²) in [6.45, 7) is 2.34. The number of rotatable bonds is 5. The SMILES string of the molecule is COCC(CBr)NC(=O)c1cnn(C)c1C. The van der Waals surface area contributed by atoms with Gasteiger partial charge in [0.15, 0.2) is 0 Å². The highest BCUT2D eigenvalue weighted by molar-refractivity contribution is 9.09. The number of halogens is 1. The van der Waals surface area contributed by atoms with E-state index in [4.69, 9.17) is 4.74 Å². The van der Waals surface area contributed by atoms with E-state index in [0.717, 1.165) is 5.69 Å². The van der Waals surface area contributed by atoms with Crippen molar-refractivity contribution in [2.75, 3.05) is 19.0 Å². The Kier molecular flexibility index (Phi) is 4.95. The van der Waals surface area contributed by atoms with E-state index in [2.05, 4.69) is 26.3 Å². The van der Waals surface area contributed by atoms with E-state index in [1.807, 2.05) is 14.0 Å².